The molecule has 0 fully saturated rings. The largest absolute Gasteiger partial charge is 0.491 e. The maximum Gasteiger partial charge on any atom is 0.491 e. The van der Waals surface area contributed by atoms with E-state index in [1.807, 2.05) is 0 Å². The smallest absolute Gasteiger partial charge is 0.460 e. The number of hydrogen-bond acceptors (Lipinski definition) is 12. The van der Waals surface area contributed by atoms with Crippen LogP contribution in [0.25, 0.3) is 0 Å². The number of ketones is 2. The third kappa shape index (κ3) is 6.93. The maximum absolute atomic E-state index is 14.3. The molecule has 0 saturated heterocycles. The van der Waals surface area contributed by atoms with Gasteiger partial charge in [0.05, 0.1) is 22.8 Å². The first-order chi connectivity index (χ1) is 24.8. The lowest BCUT2D eigenvalue weighted by atomic mass is 9.68. The second kappa shape index (κ2) is 14.7. The molecule has 52 heavy (non-hydrogen) atoms. The van der Waals surface area contributed by atoms with Crippen molar-refractivity contribution in [1.82, 2.24) is 0 Å². The molecule has 2 aliphatic carbocycles. The van der Waals surface area contributed by atoms with Gasteiger partial charge in [-0.25, -0.2) is 0 Å². The lowest BCUT2D eigenvalue weighted by molar-refractivity contribution is -0.163. The molecule has 2 N–H and O–H groups in total. The highest BCUT2D eigenvalue weighted by molar-refractivity contribution is 6.60. The van der Waals surface area contributed by atoms with Gasteiger partial charge in [-0.2, -0.15) is 0 Å². The molecule has 264 valence electrons. The zero-order chi connectivity index (χ0) is 37.3. The van der Waals surface area contributed by atoms with E-state index in [0.717, 1.165) is 13.8 Å². The van der Waals surface area contributed by atoms with Crippen LogP contribution >= 0.6 is 0 Å². The average Bonchev–Trinajstić information content (AvgIpc) is 3.11. The van der Waals surface area contributed by atoms with Gasteiger partial charge in [-0.05, 0) is 17.8 Å². The third-order valence-electron chi connectivity index (χ3n) is 9.13. The van der Waals surface area contributed by atoms with Crippen LogP contribution in [0, 0.1) is 0 Å². The highest BCUT2D eigenvalue weighted by Gasteiger charge is 2.53. The number of ether oxygens (including phenoxy) is 3. The zero-order valence-electron chi connectivity index (χ0n) is 28.8. The van der Waals surface area contributed by atoms with Crippen LogP contribution in [0.3, 0.4) is 0 Å². The Balaban J connectivity index is 1.67. The van der Waals surface area contributed by atoms with E-state index < -0.39 is 61.5 Å². The van der Waals surface area contributed by atoms with Crippen LogP contribution in [0.1, 0.15) is 83.2 Å². The first-order valence-electron chi connectivity index (χ1n) is 16.6. The summed E-state index contributed by atoms with van der Waals surface area (Å²) in [4.78, 5) is 66.7. The Morgan fingerprint density at radius 3 is 1.71 bits per heavy atom. The zero-order valence-corrected chi connectivity index (χ0v) is 28.8. The van der Waals surface area contributed by atoms with Gasteiger partial charge in [-0.1, -0.05) is 84.9 Å². The fraction of sp³-hybridized carbons (Fsp3) is 0.237. The van der Waals surface area contributed by atoms with E-state index in [1.54, 1.807) is 72.8 Å². The summed E-state index contributed by atoms with van der Waals surface area (Å²) < 4.78 is 30.0. The average molecular weight is 704 g/mol. The Bertz CT molecular complexity index is 2070. The van der Waals surface area contributed by atoms with E-state index in [9.17, 15) is 34.0 Å². The molecule has 12 nitrogen and oxygen atoms in total. The Labute approximate surface area is 299 Å². The number of carbonyl (C=O) groups excluding carboxylic acids is 5. The van der Waals surface area contributed by atoms with Gasteiger partial charge in [0.15, 0.2) is 11.6 Å². The Kier molecular flexibility index (Phi) is 10.3. The van der Waals surface area contributed by atoms with Crippen molar-refractivity contribution >= 4 is 54.6 Å². The molecule has 0 radical (unpaired) electrons. The minimum atomic E-state index is -1.72. The molecule has 0 unspecified atom stereocenters. The van der Waals surface area contributed by atoms with Crippen LogP contribution in [-0.2, 0) is 34.9 Å². The molecule has 0 bridgehead atoms. The predicted octanol–water partition coefficient (Wildman–Crippen LogP) is 2.80. The summed E-state index contributed by atoms with van der Waals surface area (Å²) in [5, 5.41) is 22.9. The molecule has 0 spiro atoms. The molecule has 6 rings (SSSR count). The van der Waals surface area contributed by atoms with Crippen molar-refractivity contribution in [2.75, 3.05) is 0 Å². The molecule has 0 amide bonds. The summed E-state index contributed by atoms with van der Waals surface area (Å²) in [5.41, 5.74) is -1.58. The van der Waals surface area contributed by atoms with Crippen molar-refractivity contribution in [3.05, 3.63) is 118 Å². The minimum absolute atomic E-state index is 0.0177. The Morgan fingerprint density at radius 1 is 0.712 bits per heavy atom. The molecule has 0 saturated carbocycles. The van der Waals surface area contributed by atoms with Gasteiger partial charge < -0.3 is 33.6 Å². The van der Waals surface area contributed by atoms with Crippen LogP contribution in [-0.4, -0.2) is 65.5 Å². The van der Waals surface area contributed by atoms with Gasteiger partial charge in [-0.15, -0.1) is 0 Å². The van der Waals surface area contributed by atoms with Gasteiger partial charge in [-0.3, -0.25) is 24.0 Å². The molecule has 2 aliphatic rings. The SMILES string of the molecule is CC(=O)Oc1c2c(c(OC(C)=O)c3c1C(=O)c1ccccc1C3=O)[C@@H](OB(O)c1ccccc1)C[C@](OB(O)c1ccccc1)([C@@H](C)OC(C)=O)C2. The van der Waals surface area contributed by atoms with Crippen LogP contribution in [0.2, 0.25) is 0 Å². The number of esters is 3. The van der Waals surface area contributed by atoms with Crippen molar-refractivity contribution in [2.24, 2.45) is 0 Å². The second-order valence-electron chi connectivity index (χ2n) is 12.7. The van der Waals surface area contributed by atoms with E-state index in [0.29, 0.717) is 10.9 Å². The summed E-state index contributed by atoms with van der Waals surface area (Å²) in [7, 11) is -3.22. The van der Waals surface area contributed by atoms with Crippen LogP contribution in [0.15, 0.2) is 84.9 Å². The number of rotatable bonds is 10. The van der Waals surface area contributed by atoms with Crippen molar-refractivity contribution in [3.8, 4) is 11.5 Å². The quantitative estimate of drug-likeness (QED) is 0.124. The van der Waals surface area contributed by atoms with Crippen LogP contribution in [0.5, 0.6) is 11.5 Å². The number of benzene rings is 4. The summed E-state index contributed by atoms with van der Waals surface area (Å²) >= 11 is 0. The third-order valence-corrected chi connectivity index (χ3v) is 9.13. The van der Waals surface area contributed by atoms with E-state index in [4.69, 9.17) is 23.5 Å². The van der Waals surface area contributed by atoms with Crippen molar-refractivity contribution in [1.29, 1.82) is 0 Å². The normalized spacial score (nSPS) is 17.9. The van der Waals surface area contributed by atoms with Crippen LogP contribution < -0.4 is 20.4 Å². The highest BCUT2D eigenvalue weighted by Crippen LogP contribution is 2.54. The molecule has 0 heterocycles. The molecule has 4 aromatic rings. The Morgan fingerprint density at radius 2 is 1.19 bits per heavy atom. The summed E-state index contributed by atoms with van der Waals surface area (Å²) in [6.45, 7) is 4.97. The molecule has 3 atom stereocenters. The molecule has 0 aliphatic heterocycles. The van der Waals surface area contributed by atoms with E-state index >= 15 is 0 Å². The predicted molar refractivity (Wildman–Crippen MR) is 188 cm³/mol. The lowest BCUT2D eigenvalue weighted by Gasteiger charge is -2.47. The van der Waals surface area contributed by atoms with E-state index in [-0.39, 0.29) is 57.7 Å². The number of fused-ring (bicyclic) bond motifs is 3. The maximum atomic E-state index is 14.3. The molecule has 4 aromatic carbocycles. The minimum Gasteiger partial charge on any atom is -0.460 e. The number of carbonyl (C=O) groups is 5. The first-order valence-corrected chi connectivity index (χ1v) is 16.6. The fourth-order valence-corrected chi connectivity index (χ4v) is 6.89. The molecular formula is C38H34B2O12. The van der Waals surface area contributed by atoms with Gasteiger partial charge in [0, 0.05) is 55.9 Å². The van der Waals surface area contributed by atoms with Gasteiger partial charge >= 0.3 is 32.1 Å². The van der Waals surface area contributed by atoms with Crippen molar-refractivity contribution < 1.29 is 57.5 Å². The lowest BCUT2D eigenvalue weighted by Crippen LogP contribution is -2.56. The van der Waals surface area contributed by atoms with Crippen molar-refractivity contribution in [2.45, 2.75) is 58.3 Å². The monoisotopic (exact) mass is 704 g/mol. The topological polar surface area (TPSA) is 172 Å². The fourth-order valence-electron chi connectivity index (χ4n) is 6.89. The van der Waals surface area contributed by atoms with Crippen LogP contribution in [0.4, 0.5) is 0 Å². The van der Waals surface area contributed by atoms with Gasteiger partial charge in [0.25, 0.3) is 0 Å². The Hall–Kier alpha value is -5.40. The molecular weight excluding hydrogens is 670 g/mol. The second-order valence-corrected chi connectivity index (χ2v) is 12.7. The van der Waals surface area contributed by atoms with Crippen molar-refractivity contribution in [3.63, 3.8) is 0 Å². The first kappa shape index (κ1) is 36.4. The summed E-state index contributed by atoms with van der Waals surface area (Å²) in [5.74, 6) is -4.40. The summed E-state index contributed by atoms with van der Waals surface area (Å²) in [6, 6.07) is 22.8. The van der Waals surface area contributed by atoms with Gasteiger partial charge in [0.2, 0.25) is 0 Å². The molecule has 0 aromatic heterocycles. The van der Waals surface area contributed by atoms with Gasteiger partial charge in [0.1, 0.15) is 17.6 Å². The highest BCUT2D eigenvalue weighted by atomic mass is 16.6. The van der Waals surface area contributed by atoms with E-state index in [1.165, 1.54) is 26.0 Å². The van der Waals surface area contributed by atoms with E-state index in [2.05, 4.69) is 0 Å². The summed E-state index contributed by atoms with van der Waals surface area (Å²) in [6.07, 6.45) is -3.11. The standard InChI is InChI=1S/C38H34B2O12/c1-21(48-22(2)41)38(52-40(47)26-15-9-6-10-16-26)19-29-31(30(20-38)51-39(46)25-13-7-5-8-14-25)37(50-24(4)43)33-32(36(29)49-23(3)42)34(44)27-17-11-12-18-28(27)35(33)45/h5-18,21,30,46-47H,19-20H2,1-4H3/t21-,30+,38+/m1/s1. The number of hydrogen-bond donors (Lipinski definition) is 2. The molecule has 14 heteroatoms.